The molecule has 0 heterocycles. The van der Waals surface area contributed by atoms with E-state index >= 15 is 0 Å². The second-order valence-electron chi connectivity index (χ2n) is 3.34. The zero-order chi connectivity index (χ0) is 12.4. The van der Waals surface area contributed by atoms with E-state index in [9.17, 15) is 13.2 Å². The van der Waals surface area contributed by atoms with Crippen LogP contribution >= 0.6 is 15.9 Å². The molecule has 88 valence electrons. The summed E-state index contributed by atoms with van der Waals surface area (Å²) in [5.74, 6) is 0. The summed E-state index contributed by atoms with van der Waals surface area (Å²) in [7, 11) is 0. The van der Waals surface area contributed by atoms with Crippen molar-refractivity contribution < 1.29 is 18.3 Å². The van der Waals surface area contributed by atoms with E-state index in [1.807, 2.05) is 0 Å². The van der Waals surface area contributed by atoms with Crippen LogP contribution in [-0.2, 0) is 5.41 Å². The van der Waals surface area contributed by atoms with Crippen LogP contribution in [0, 0.1) is 0 Å². The van der Waals surface area contributed by atoms with Crippen molar-refractivity contribution >= 4 is 15.9 Å². The van der Waals surface area contributed by atoms with Gasteiger partial charge in [-0.2, -0.15) is 13.2 Å². The Morgan fingerprint density at radius 3 is 2.06 bits per heavy atom. The predicted molar refractivity (Wildman–Crippen MR) is 59.2 cm³/mol. The average Bonchev–Trinajstić information content (AvgIpc) is 2.21. The van der Waals surface area contributed by atoms with Gasteiger partial charge in [-0.05, 0) is 17.7 Å². The Labute approximate surface area is 99.7 Å². The summed E-state index contributed by atoms with van der Waals surface area (Å²) in [4.78, 5) is 0. The lowest BCUT2D eigenvalue weighted by Gasteiger charge is -2.31. The van der Waals surface area contributed by atoms with Gasteiger partial charge in [0.15, 0.2) is 0 Å². The lowest BCUT2D eigenvalue weighted by atomic mass is 9.80. The summed E-state index contributed by atoms with van der Waals surface area (Å²) >= 11 is 3.14. The molecule has 1 aromatic rings. The first-order chi connectivity index (χ1) is 7.37. The third-order valence-corrected chi connectivity index (χ3v) is 2.99. The Kier molecular flexibility index (Phi) is 3.80. The number of alkyl halides is 3. The second-order valence-corrected chi connectivity index (χ2v) is 4.25. The van der Waals surface area contributed by atoms with Gasteiger partial charge in [-0.1, -0.05) is 34.1 Å². The molecule has 0 spiro atoms. The van der Waals surface area contributed by atoms with Gasteiger partial charge >= 0.3 is 6.18 Å². The molecule has 1 nitrogen and oxygen atoms in total. The van der Waals surface area contributed by atoms with Crippen LogP contribution in [0.3, 0.4) is 0 Å². The van der Waals surface area contributed by atoms with Crippen molar-refractivity contribution in [2.45, 2.75) is 11.6 Å². The highest BCUT2D eigenvalue weighted by Gasteiger charge is 2.53. The number of aliphatic hydroxyl groups excluding tert-OH is 1. The molecule has 0 saturated heterocycles. The highest BCUT2D eigenvalue weighted by atomic mass is 79.9. The van der Waals surface area contributed by atoms with Crippen LogP contribution < -0.4 is 0 Å². The van der Waals surface area contributed by atoms with Gasteiger partial charge in [0.05, 0.1) is 6.61 Å². The quantitative estimate of drug-likeness (QED) is 0.847. The molecule has 0 saturated carbocycles. The molecule has 0 bridgehead atoms. The van der Waals surface area contributed by atoms with E-state index < -0.39 is 18.2 Å². The number of hydrogen-bond acceptors (Lipinski definition) is 1. The summed E-state index contributed by atoms with van der Waals surface area (Å²) < 4.78 is 39.4. The highest BCUT2D eigenvalue weighted by Crippen LogP contribution is 2.42. The molecule has 5 heteroatoms. The molecular weight excluding hydrogens is 285 g/mol. The van der Waals surface area contributed by atoms with Crippen LogP contribution in [0.2, 0.25) is 0 Å². The summed E-state index contributed by atoms with van der Waals surface area (Å²) in [5, 5.41) is 9.03. The number of hydrogen-bond donors (Lipinski definition) is 1. The first-order valence-corrected chi connectivity index (χ1v) is 5.24. The van der Waals surface area contributed by atoms with E-state index in [4.69, 9.17) is 5.11 Å². The van der Waals surface area contributed by atoms with Crippen molar-refractivity contribution in [3.8, 4) is 0 Å². The molecule has 0 aliphatic carbocycles. The fourth-order valence-corrected chi connectivity index (χ4v) is 1.65. The standard InChI is InChI=1S/C11H10BrF3O/c1-2-10(7-16,11(13,14)15)8-3-5-9(12)6-4-8/h2-6,16H,1,7H2/t10-/m1/s1. The smallest absolute Gasteiger partial charge is 0.395 e. The van der Waals surface area contributed by atoms with Gasteiger partial charge in [-0.15, -0.1) is 6.58 Å². The maximum Gasteiger partial charge on any atom is 0.404 e. The van der Waals surface area contributed by atoms with Gasteiger partial charge in [0.25, 0.3) is 0 Å². The van der Waals surface area contributed by atoms with Crippen LogP contribution in [-0.4, -0.2) is 17.9 Å². The molecule has 0 aliphatic rings. The Hall–Kier alpha value is -0.810. The molecule has 1 aromatic carbocycles. The first kappa shape index (κ1) is 13.3. The van der Waals surface area contributed by atoms with Crippen LogP contribution in [0.15, 0.2) is 41.4 Å². The summed E-state index contributed by atoms with van der Waals surface area (Å²) in [6.45, 7) is 2.12. The third kappa shape index (κ3) is 2.15. The second kappa shape index (κ2) is 4.59. The van der Waals surface area contributed by atoms with E-state index in [2.05, 4.69) is 22.5 Å². The van der Waals surface area contributed by atoms with Gasteiger partial charge in [-0.3, -0.25) is 0 Å². The minimum absolute atomic E-state index is 0.0271. The van der Waals surface area contributed by atoms with Crippen LogP contribution in [0.1, 0.15) is 5.56 Å². The van der Waals surface area contributed by atoms with Crippen LogP contribution in [0.4, 0.5) is 13.2 Å². The molecule has 1 atom stereocenters. The van der Waals surface area contributed by atoms with Gasteiger partial charge in [-0.25, -0.2) is 0 Å². The maximum atomic E-state index is 12.9. The minimum atomic E-state index is -4.57. The number of benzene rings is 1. The molecule has 0 amide bonds. The van der Waals surface area contributed by atoms with Crippen molar-refractivity contribution in [3.05, 3.63) is 47.0 Å². The predicted octanol–water partition coefficient (Wildman–Crippen LogP) is 3.43. The molecule has 0 radical (unpaired) electrons. The van der Waals surface area contributed by atoms with Crippen LogP contribution in [0.5, 0.6) is 0 Å². The maximum absolute atomic E-state index is 12.9. The topological polar surface area (TPSA) is 20.2 Å². The van der Waals surface area contributed by atoms with Gasteiger partial charge < -0.3 is 5.11 Å². The zero-order valence-electron chi connectivity index (χ0n) is 8.26. The number of rotatable bonds is 3. The average molecular weight is 295 g/mol. The number of halogens is 4. The largest absolute Gasteiger partial charge is 0.404 e. The van der Waals surface area contributed by atoms with Crippen molar-refractivity contribution in [2.24, 2.45) is 0 Å². The van der Waals surface area contributed by atoms with E-state index in [1.54, 1.807) is 0 Å². The molecule has 16 heavy (non-hydrogen) atoms. The van der Waals surface area contributed by atoms with Gasteiger partial charge in [0.1, 0.15) is 5.41 Å². The Morgan fingerprint density at radius 2 is 1.75 bits per heavy atom. The number of aliphatic hydroxyl groups is 1. The summed E-state index contributed by atoms with van der Waals surface area (Å²) in [6.07, 6.45) is -3.84. The molecule has 0 aliphatic heterocycles. The molecule has 0 unspecified atom stereocenters. The molecule has 1 N–H and O–H groups in total. The zero-order valence-corrected chi connectivity index (χ0v) is 9.85. The minimum Gasteiger partial charge on any atom is -0.395 e. The first-order valence-electron chi connectivity index (χ1n) is 4.44. The molecular formula is C11H10BrF3O. The summed E-state index contributed by atoms with van der Waals surface area (Å²) in [5.41, 5.74) is -2.42. The van der Waals surface area contributed by atoms with Gasteiger partial charge in [0.2, 0.25) is 0 Å². The lowest BCUT2D eigenvalue weighted by Crippen LogP contribution is -2.43. The Balaban J connectivity index is 3.32. The highest BCUT2D eigenvalue weighted by molar-refractivity contribution is 9.10. The van der Waals surface area contributed by atoms with Crippen LogP contribution in [0.25, 0.3) is 0 Å². The Bertz CT molecular complexity index is 372. The van der Waals surface area contributed by atoms with Crippen molar-refractivity contribution in [1.82, 2.24) is 0 Å². The molecule has 0 aromatic heterocycles. The van der Waals surface area contributed by atoms with E-state index in [0.717, 1.165) is 6.08 Å². The fraction of sp³-hybridized carbons (Fsp3) is 0.273. The monoisotopic (exact) mass is 294 g/mol. The van der Waals surface area contributed by atoms with E-state index in [-0.39, 0.29) is 5.56 Å². The molecule has 1 rings (SSSR count). The van der Waals surface area contributed by atoms with Crippen molar-refractivity contribution in [3.63, 3.8) is 0 Å². The third-order valence-electron chi connectivity index (χ3n) is 2.46. The van der Waals surface area contributed by atoms with E-state index in [0.29, 0.717) is 4.47 Å². The van der Waals surface area contributed by atoms with E-state index in [1.165, 1.54) is 24.3 Å². The van der Waals surface area contributed by atoms with Crippen molar-refractivity contribution in [1.29, 1.82) is 0 Å². The lowest BCUT2D eigenvalue weighted by molar-refractivity contribution is -0.185. The van der Waals surface area contributed by atoms with Gasteiger partial charge in [0, 0.05) is 4.47 Å². The molecule has 0 fully saturated rings. The summed E-state index contributed by atoms with van der Waals surface area (Å²) in [6, 6.07) is 5.62. The SMILES string of the molecule is C=C[C@@](CO)(c1ccc(Br)cc1)C(F)(F)F. The normalized spacial score (nSPS) is 15.6. The Morgan fingerprint density at radius 1 is 1.25 bits per heavy atom. The fourth-order valence-electron chi connectivity index (χ4n) is 1.39. The van der Waals surface area contributed by atoms with Crippen molar-refractivity contribution in [2.75, 3.05) is 6.61 Å².